The molecule has 1 aliphatic heterocycles. The minimum absolute atomic E-state index is 0.0206. The van der Waals surface area contributed by atoms with Crippen LogP contribution in [0.3, 0.4) is 0 Å². The summed E-state index contributed by atoms with van der Waals surface area (Å²) in [6, 6.07) is 13.9. The monoisotopic (exact) mass is 592 g/mol. The van der Waals surface area contributed by atoms with Crippen LogP contribution in [0.2, 0.25) is 10.0 Å². The molecule has 1 unspecified atom stereocenters. The third-order valence-corrected chi connectivity index (χ3v) is 8.61. The van der Waals surface area contributed by atoms with Crippen molar-refractivity contribution in [1.82, 2.24) is 14.6 Å². The lowest BCUT2D eigenvalue weighted by Crippen LogP contribution is -2.20. The molecule has 0 fully saturated rings. The number of hydrogen-bond acceptors (Lipinski definition) is 4. The van der Waals surface area contributed by atoms with Crippen LogP contribution in [0, 0.1) is 5.41 Å². The molecule has 0 saturated heterocycles. The summed E-state index contributed by atoms with van der Waals surface area (Å²) in [5.74, 6) is 0.820. The molecule has 35 heavy (non-hydrogen) atoms. The lowest BCUT2D eigenvalue weighted by Gasteiger charge is -2.22. The van der Waals surface area contributed by atoms with E-state index in [1.54, 1.807) is 6.07 Å². The Morgan fingerprint density at radius 1 is 1.06 bits per heavy atom. The molecule has 2 aromatic carbocycles. The first-order valence-electron chi connectivity index (χ1n) is 12.0. The predicted octanol–water partition coefficient (Wildman–Crippen LogP) is 9.38. The molecule has 0 aliphatic carbocycles. The fourth-order valence-corrected chi connectivity index (χ4v) is 6.15. The van der Waals surface area contributed by atoms with E-state index >= 15 is 0 Å². The molecule has 186 valence electrons. The normalized spacial score (nSPS) is 16.2. The van der Waals surface area contributed by atoms with E-state index in [2.05, 4.69) is 84.4 Å². The number of nitrogens with zero attached hydrogens (tertiary/aromatic N) is 4. The molecule has 1 aliphatic rings. The second-order valence-electron chi connectivity index (χ2n) is 9.70. The summed E-state index contributed by atoms with van der Waals surface area (Å²) in [5, 5.41) is 9.66. The van der Waals surface area contributed by atoms with Crippen LogP contribution in [0.4, 0.5) is 0 Å². The Bertz CT molecular complexity index is 1230. The van der Waals surface area contributed by atoms with Crippen LogP contribution in [0.15, 0.2) is 52.0 Å². The highest BCUT2D eigenvalue weighted by Crippen LogP contribution is 2.46. The third-order valence-electron chi connectivity index (χ3n) is 5.93. The summed E-state index contributed by atoms with van der Waals surface area (Å²) in [6.45, 7) is 12.0. The molecule has 3 aromatic rings. The Morgan fingerprint density at radius 3 is 2.37 bits per heavy atom. The van der Waals surface area contributed by atoms with Crippen LogP contribution in [0.25, 0.3) is 17.1 Å². The fraction of sp³-hybridized carbons (Fsp3) is 0.407. The van der Waals surface area contributed by atoms with Gasteiger partial charge < -0.3 is 0 Å². The van der Waals surface area contributed by atoms with Gasteiger partial charge in [0.2, 0.25) is 0 Å². The molecule has 1 aromatic heterocycles. The van der Waals surface area contributed by atoms with Crippen molar-refractivity contribution < 1.29 is 0 Å². The van der Waals surface area contributed by atoms with Crippen molar-refractivity contribution in [1.29, 1.82) is 0 Å². The van der Waals surface area contributed by atoms with Crippen molar-refractivity contribution in [3.63, 3.8) is 0 Å². The lowest BCUT2D eigenvalue weighted by atomic mass is 9.99. The van der Waals surface area contributed by atoms with Crippen molar-refractivity contribution in [2.45, 2.75) is 59.3 Å². The number of rotatable bonds is 7. The maximum atomic E-state index is 6.71. The van der Waals surface area contributed by atoms with Crippen LogP contribution < -0.4 is 0 Å². The molecule has 2 heterocycles. The Morgan fingerprint density at radius 2 is 1.77 bits per heavy atom. The van der Waals surface area contributed by atoms with Crippen LogP contribution in [0.1, 0.15) is 64.2 Å². The quantitative estimate of drug-likeness (QED) is 0.273. The third kappa shape index (κ3) is 5.61. The van der Waals surface area contributed by atoms with E-state index < -0.39 is 0 Å². The maximum absolute atomic E-state index is 6.71. The van der Waals surface area contributed by atoms with Crippen molar-refractivity contribution in [3.05, 3.63) is 68.4 Å². The SMILES string of the molecule is CCCCN1N=C(C(C)(C)C)SC1c1nc(-c2ccc(Cl)cc2Cl)n(-c2ccc(Br)cc2)c1CC. The van der Waals surface area contributed by atoms with Gasteiger partial charge in [-0.05, 0) is 55.3 Å². The van der Waals surface area contributed by atoms with Gasteiger partial charge in [-0.25, -0.2) is 4.98 Å². The fourth-order valence-electron chi connectivity index (χ4n) is 4.10. The standard InChI is InChI=1S/C27H31BrCl2N4S/c1-6-8-15-33-25(35-26(32-33)27(3,4)5)23-22(7-2)34(19-12-9-17(28)10-13-19)24(31-23)20-14-11-18(29)16-21(20)30/h9-14,16,25H,6-8,15H2,1-5H3. The van der Waals surface area contributed by atoms with Crippen LogP contribution >= 0.6 is 50.9 Å². The molecule has 8 heteroatoms. The largest absolute Gasteiger partial charge is 0.296 e. The molecule has 0 spiro atoms. The Kier molecular flexibility index (Phi) is 8.26. The van der Waals surface area contributed by atoms with E-state index in [0.29, 0.717) is 10.0 Å². The molecular weight excluding hydrogens is 563 g/mol. The first kappa shape index (κ1) is 26.6. The zero-order chi connectivity index (χ0) is 25.3. The van der Waals surface area contributed by atoms with Gasteiger partial charge in [-0.15, -0.1) is 0 Å². The van der Waals surface area contributed by atoms with E-state index in [1.165, 1.54) is 0 Å². The molecule has 0 N–H and O–H groups in total. The summed E-state index contributed by atoms with van der Waals surface area (Å²) < 4.78 is 3.27. The van der Waals surface area contributed by atoms with Gasteiger partial charge in [0.15, 0.2) is 0 Å². The first-order valence-corrected chi connectivity index (χ1v) is 14.4. The predicted molar refractivity (Wildman–Crippen MR) is 155 cm³/mol. The van der Waals surface area contributed by atoms with E-state index in [9.17, 15) is 0 Å². The minimum atomic E-state index is -0.0210. The van der Waals surface area contributed by atoms with Gasteiger partial charge in [0.05, 0.1) is 10.7 Å². The van der Waals surface area contributed by atoms with E-state index in [4.69, 9.17) is 33.3 Å². The number of unbranched alkanes of at least 4 members (excludes halogenated alkanes) is 1. The summed E-state index contributed by atoms with van der Waals surface area (Å²) in [4.78, 5) is 5.29. The Labute approximate surface area is 231 Å². The zero-order valence-electron chi connectivity index (χ0n) is 20.8. The summed E-state index contributed by atoms with van der Waals surface area (Å²) in [6.07, 6.45) is 3.03. The molecular formula is C27H31BrCl2N4S. The van der Waals surface area contributed by atoms with Gasteiger partial charge in [-0.2, -0.15) is 5.10 Å². The van der Waals surface area contributed by atoms with Gasteiger partial charge >= 0.3 is 0 Å². The number of imidazole rings is 1. The highest BCUT2D eigenvalue weighted by Gasteiger charge is 2.38. The van der Waals surface area contributed by atoms with Crippen LogP contribution in [0.5, 0.6) is 0 Å². The highest BCUT2D eigenvalue weighted by molar-refractivity contribution is 9.10. The number of aromatic nitrogens is 2. The summed E-state index contributed by atoms with van der Waals surface area (Å²) in [5.41, 5.74) is 4.09. The lowest BCUT2D eigenvalue weighted by molar-refractivity contribution is 0.269. The second-order valence-corrected chi connectivity index (χ2v) is 12.5. The highest BCUT2D eigenvalue weighted by atomic mass is 79.9. The van der Waals surface area contributed by atoms with Gasteiger partial charge in [0, 0.05) is 38.4 Å². The number of hydrogen-bond donors (Lipinski definition) is 0. The smallest absolute Gasteiger partial charge is 0.146 e. The number of thioether (sulfide) groups is 1. The van der Waals surface area contributed by atoms with E-state index in [1.807, 2.05) is 23.9 Å². The van der Waals surface area contributed by atoms with Crippen LogP contribution in [-0.4, -0.2) is 26.1 Å². The molecule has 0 amide bonds. The first-order chi connectivity index (χ1) is 16.6. The number of benzene rings is 2. The van der Waals surface area contributed by atoms with Gasteiger partial charge in [-0.3, -0.25) is 9.58 Å². The maximum Gasteiger partial charge on any atom is 0.146 e. The molecule has 0 radical (unpaired) electrons. The van der Waals surface area contributed by atoms with Crippen molar-refractivity contribution in [2.75, 3.05) is 6.54 Å². The van der Waals surface area contributed by atoms with Gasteiger partial charge in [0.1, 0.15) is 16.2 Å². The Hall–Kier alpha value is -1.47. The number of halogens is 3. The van der Waals surface area contributed by atoms with E-state index in [-0.39, 0.29) is 10.8 Å². The molecule has 1 atom stereocenters. The summed E-state index contributed by atoms with van der Waals surface area (Å²) in [7, 11) is 0. The summed E-state index contributed by atoms with van der Waals surface area (Å²) >= 11 is 18.3. The topological polar surface area (TPSA) is 33.4 Å². The minimum Gasteiger partial charge on any atom is -0.296 e. The van der Waals surface area contributed by atoms with Crippen LogP contribution in [-0.2, 0) is 6.42 Å². The second kappa shape index (κ2) is 10.9. The number of hydrazone groups is 1. The van der Waals surface area contributed by atoms with Crippen molar-refractivity contribution >= 4 is 55.9 Å². The molecule has 0 bridgehead atoms. The zero-order valence-corrected chi connectivity index (χ0v) is 24.7. The van der Waals surface area contributed by atoms with Crippen molar-refractivity contribution in [3.8, 4) is 17.1 Å². The molecule has 0 saturated carbocycles. The van der Waals surface area contributed by atoms with Gasteiger partial charge in [0.25, 0.3) is 0 Å². The average molecular weight is 594 g/mol. The van der Waals surface area contributed by atoms with Crippen molar-refractivity contribution in [2.24, 2.45) is 10.5 Å². The van der Waals surface area contributed by atoms with Gasteiger partial charge in [-0.1, -0.05) is 91.9 Å². The average Bonchev–Trinajstić information content (AvgIpc) is 3.39. The molecule has 4 nitrogen and oxygen atoms in total. The Balaban J connectivity index is 1.92. The van der Waals surface area contributed by atoms with E-state index in [0.717, 1.165) is 63.8 Å². The molecule has 4 rings (SSSR count).